The molecule has 0 fully saturated rings. The molecule has 0 radical (unpaired) electrons. The third kappa shape index (κ3) is 7.82. The molecular weight excluding hydrogens is 374 g/mol. The van der Waals surface area contributed by atoms with Crippen LogP contribution in [0.5, 0.6) is 0 Å². The maximum absolute atomic E-state index is 13.9. The lowest BCUT2D eigenvalue weighted by atomic mass is 9.99. The summed E-state index contributed by atoms with van der Waals surface area (Å²) < 4.78 is 52.5. The van der Waals surface area contributed by atoms with Crippen molar-refractivity contribution in [3.8, 4) is 0 Å². The van der Waals surface area contributed by atoms with Crippen LogP contribution < -0.4 is 9.62 Å². The van der Waals surface area contributed by atoms with Crippen molar-refractivity contribution in [3.63, 3.8) is 0 Å². The number of unbranched alkanes of at least 4 members (excludes halogenated alkanes) is 1. The molecule has 0 bridgehead atoms. The molecule has 1 rings (SSSR count). The summed E-state index contributed by atoms with van der Waals surface area (Å²) >= 11 is 0. The molecule has 27 heavy (non-hydrogen) atoms. The van der Waals surface area contributed by atoms with Crippen LogP contribution in [0.25, 0.3) is 0 Å². The first-order chi connectivity index (χ1) is 12.7. The Bertz CT molecular complexity index is 691. The number of sulfonamides is 1. The van der Waals surface area contributed by atoms with E-state index in [0.717, 1.165) is 44.1 Å². The van der Waals surface area contributed by atoms with Gasteiger partial charge in [0.05, 0.1) is 6.26 Å². The average Bonchev–Trinajstić information content (AvgIpc) is 2.59. The highest BCUT2D eigenvalue weighted by Crippen LogP contribution is 2.25. The van der Waals surface area contributed by atoms with Crippen molar-refractivity contribution < 1.29 is 22.0 Å². The normalized spacial score (nSPS) is 12.6. The van der Waals surface area contributed by atoms with Crippen LogP contribution in [-0.2, 0) is 14.8 Å². The second kappa shape index (κ2) is 11.2. The van der Waals surface area contributed by atoms with Gasteiger partial charge in [-0.25, -0.2) is 17.2 Å². The smallest absolute Gasteiger partial charge is 0.232 e. The Balaban J connectivity index is 2.62. The quantitative estimate of drug-likeness (QED) is 0.576. The zero-order valence-electron chi connectivity index (χ0n) is 16.3. The Kier molecular flexibility index (Phi) is 9.69. The second-order valence-corrected chi connectivity index (χ2v) is 8.64. The number of hydrogen-bond acceptors (Lipinski definition) is 3. The lowest BCUT2D eigenvalue weighted by molar-refractivity contribution is -0.121. The van der Waals surface area contributed by atoms with Gasteiger partial charge >= 0.3 is 0 Å². The molecule has 154 valence electrons. The van der Waals surface area contributed by atoms with E-state index in [0.29, 0.717) is 16.8 Å². The third-order valence-electron chi connectivity index (χ3n) is 4.48. The average molecular weight is 405 g/mol. The minimum absolute atomic E-state index is 0.0896. The molecule has 0 saturated heterocycles. The second-order valence-electron chi connectivity index (χ2n) is 6.73. The summed E-state index contributed by atoms with van der Waals surface area (Å²) in [6.07, 6.45) is 5.41. The van der Waals surface area contributed by atoms with E-state index in [-0.39, 0.29) is 25.3 Å². The topological polar surface area (TPSA) is 66.5 Å². The Hall–Kier alpha value is -1.70. The lowest BCUT2D eigenvalue weighted by Gasteiger charge is -2.23. The van der Waals surface area contributed by atoms with Gasteiger partial charge in [-0.2, -0.15) is 0 Å². The molecular formula is C19H30F2N2O3S. The predicted octanol–water partition coefficient (Wildman–Crippen LogP) is 3.84. The van der Waals surface area contributed by atoms with Crippen molar-refractivity contribution in [1.82, 2.24) is 5.32 Å². The highest BCUT2D eigenvalue weighted by molar-refractivity contribution is 7.92. The summed E-state index contributed by atoms with van der Waals surface area (Å²) in [6, 6.07) is 3.18. The largest absolute Gasteiger partial charge is 0.356 e. The van der Waals surface area contributed by atoms with E-state index in [1.807, 2.05) is 0 Å². The van der Waals surface area contributed by atoms with Gasteiger partial charge in [0.1, 0.15) is 5.69 Å². The fraction of sp³-hybridized carbons (Fsp3) is 0.632. The first-order valence-corrected chi connectivity index (χ1v) is 11.2. The van der Waals surface area contributed by atoms with Crippen LogP contribution in [-0.4, -0.2) is 33.7 Å². The summed E-state index contributed by atoms with van der Waals surface area (Å²) in [6.45, 7) is 4.63. The van der Waals surface area contributed by atoms with Crippen molar-refractivity contribution in [2.75, 3.05) is 23.7 Å². The zero-order chi connectivity index (χ0) is 20.4. The molecule has 1 N–H and O–H groups in total. The van der Waals surface area contributed by atoms with Gasteiger partial charge in [0.15, 0.2) is 11.6 Å². The Morgan fingerprint density at radius 2 is 1.81 bits per heavy atom. The number of para-hydroxylation sites is 1. The summed E-state index contributed by atoms with van der Waals surface area (Å²) in [5, 5.41) is 2.86. The standard InChI is InChI=1S/C19H30F2N2O3S/c1-4-6-9-15(5-2)14-22-18(24)12-8-13-23(27(3,25)26)19-16(20)10-7-11-17(19)21/h7,10-11,15H,4-6,8-9,12-14H2,1-3H3,(H,22,24)/t15-/m1/s1. The SMILES string of the molecule is CCCC[C@@H](CC)CNC(=O)CCCN(c1c(F)cccc1F)S(C)(=O)=O. The first-order valence-electron chi connectivity index (χ1n) is 9.39. The van der Waals surface area contributed by atoms with E-state index in [2.05, 4.69) is 19.2 Å². The molecule has 0 aliphatic rings. The summed E-state index contributed by atoms with van der Waals surface area (Å²) in [7, 11) is -3.88. The Morgan fingerprint density at radius 1 is 1.19 bits per heavy atom. The van der Waals surface area contributed by atoms with Crippen LogP contribution in [0, 0.1) is 17.6 Å². The maximum Gasteiger partial charge on any atom is 0.232 e. The van der Waals surface area contributed by atoms with Crippen molar-refractivity contribution in [2.24, 2.45) is 5.92 Å². The van der Waals surface area contributed by atoms with Gasteiger partial charge in [-0.1, -0.05) is 39.2 Å². The van der Waals surface area contributed by atoms with E-state index in [9.17, 15) is 22.0 Å². The number of benzene rings is 1. The number of carbonyl (C=O) groups excluding carboxylic acids is 1. The number of carbonyl (C=O) groups is 1. The molecule has 0 heterocycles. The van der Waals surface area contributed by atoms with Crippen molar-refractivity contribution in [1.29, 1.82) is 0 Å². The van der Waals surface area contributed by atoms with E-state index in [1.54, 1.807) is 0 Å². The van der Waals surface area contributed by atoms with Crippen LogP contribution in [0.2, 0.25) is 0 Å². The van der Waals surface area contributed by atoms with E-state index >= 15 is 0 Å². The third-order valence-corrected chi connectivity index (χ3v) is 5.65. The minimum Gasteiger partial charge on any atom is -0.356 e. The number of anilines is 1. The van der Waals surface area contributed by atoms with Gasteiger partial charge in [0.25, 0.3) is 0 Å². The fourth-order valence-corrected chi connectivity index (χ4v) is 3.81. The maximum atomic E-state index is 13.9. The van der Waals surface area contributed by atoms with Gasteiger partial charge in [-0.3, -0.25) is 9.10 Å². The van der Waals surface area contributed by atoms with E-state index < -0.39 is 27.3 Å². The Labute approximate surface area is 161 Å². The van der Waals surface area contributed by atoms with Crippen LogP contribution in [0.15, 0.2) is 18.2 Å². The molecule has 1 aromatic rings. The number of nitrogens with zero attached hydrogens (tertiary/aromatic N) is 1. The highest BCUT2D eigenvalue weighted by Gasteiger charge is 2.24. The molecule has 1 aromatic carbocycles. The fourth-order valence-electron chi connectivity index (χ4n) is 2.84. The van der Waals surface area contributed by atoms with Gasteiger partial charge in [-0.15, -0.1) is 0 Å². The van der Waals surface area contributed by atoms with E-state index in [1.165, 1.54) is 6.07 Å². The van der Waals surface area contributed by atoms with Crippen molar-refractivity contribution >= 4 is 21.6 Å². The highest BCUT2D eigenvalue weighted by atomic mass is 32.2. The van der Waals surface area contributed by atoms with Crippen LogP contribution >= 0.6 is 0 Å². The molecule has 5 nitrogen and oxygen atoms in total. The zero-order valence-corrected chi connectivity index (χ0v) is 17.1. The first kappa shape index (κ1) is 23.3. The number of amides is 1. The molecule has 0 unspecified atom stereocenters. The van der Waals surface area contributed by atoms with Gasteiger partial charge in [0, 0.05) is 19.5 Å². The summed E-state index contributed by atoms with van der Waals surface area (Å²) in [5.41, 5.74) is -0.606. The van der Waals surface area contributed by atoms with Crippen LogP contribution in [0.4, 0.5) is 14.5 Å². The molecule has 1 amide bonds. The number of rotatable bonds is 12. The molecule has 1 atom stereocenters. The Morgan fingerprint density at radius 3 is 2.33 bits per heavy atom. The lowest BCUT2D eigenvalue weighted by Crippen LogP contribution is -2.34. The molecule has 0 aliphatic heterocycles. The molecule has 0 aliphatic carbocycles. The van der Waals surface area contributed by atoms with Gasteiger partial charge in [-0.05, 0) is 30.9 Å². The molecule has 0 saturated carbocycles. The molecule has 0 spiro atoms. The number of nitrogens with one attached hydrogen (secondary N) is 1. The number of halogens is 2. The van der Waals surface area contributed by atoms with E-state index in [4.69, 9.17) is 0 Å². The predicted molar refractivity (Wildman–Crippen MR) is 104 cm³/mol. The molecule has 8 heteroatoms. The van der Waals surface area contributed by atoms with Gasteiger partial charge < -0.3 is 5.32 Å². The number of hydrogen-bond donors (Lipinski definition) is 1. The van der Waals surface area contributed by atoms with Crippen molar-refractivity contribution in [3.05, 3.63) is 29.8 Å². The van der Waals surface area contributed by atoms with Crippen LogP contribution in [0.3, 0.4) is 0 Å². The van der Waals surface area contributed by atoms with Crippen LogP contribution in [0.1, 0.15) is 52.4 Å². The van der Waals surface area contributed by atoms with Gasteiger partial charge in [0.2, 0.25) is 15.9 Å². The molecule has 0 aromatic heterocycles. The minimum atomic E-state index is -3.88. The summed E-state index contributed by atoms with van der Waals surface area (Å²) in [5.74, 6) is -1.67. The van der Waals surface area contributed by atoms with Crippen molar-refractivity contribution in [2.45, 2.75) is 52.4 Å². The monoisotopic (exact) mass is 404 g/mol. The summed E-state index contributed by atoms with van der Waals surface area (Å²) in [4.78, 5) is 12.0.